The third kappa shape index (κ3) is 10.8. The van der Waals surface area contributed by atoms with Crippen molar-refractivity contribution in [2.24, 2.45) is 5.92 Å². The molecule has 3 aromatic rings. The summed E-state index contributed by atoms with van der Waals surface area (Å²) in [5.41, 5.74) is 2.81. The smallest absolute Gasteiger partial charge is 1.00 e. The first kappa shape index (κ1) is 36.1. The van der Waals surface area contributed by atoms with E-state index in [1.165, 1.54) is 23.9 Å². The molecule has 0 fully saturated rings. The van der Waals surface area contributed by atoms with E-state index in [4.69, 9.17) is 4.74 Å². The van der Waals surface area contributed by atoms with Crippen LogP contribution in [-0.2, 0) is 27.2 Å². The Morgan fingerprint density at radius 2 is 1.58 bits per heavy atom. The molecule has 3 aromatic carbocycles. The molecule has 0 radical (unpaired) electrons. The van der Waals surface area contributed by atoms with Gasteiger partial charge in [-0.05, 0) is 105 Å². The summed E-state index contributed by atoms with van der Waals surface area (Å²) in [5.74, 6) is -3.80. The molecule has 2 atom stereocenters. The van der Waals surface area contributed by atoms with E-state index in [0.717, 1.165) is 17.2 Å². The van der Waals surface area contributed by atoms with Gasteiger partial charge in [-0.15, -0.1) is 0 Å². The van der Waals surface area contributed by atoms with Crippen molar-refractivity contribution >= 4 is 29.6 Å². The number of carbonyl (C=O) groups is 3. The molecule has 0 aliphatic rings. The Morgan fingerprint density at radius 3 is 2.16 bits per heavy atom. The van der Waals surface area contributed by atoms with Crippen LogP contribution in [0.1, 0.15) is 55.7 Å². The number of carboxylic acids is 1. The van der Waals surface area contributed by atoms with Gasteiger partial charge in [-0.2, -0.15) is 11.8 Å². The van der Waals surface area contributed by atoms with Crippen LogP contribution < -0.4 is 24.2 Å². The molecule has 10 heteroatoms. The van der Waals surface area contributed by atoms with Crippen LogP contribution in [0.25, 0.3) is 11.1 Å². The fraction of sp³-hybridized carbons (Fsp3) is 0.364. The van der Waals surface area contributed by atoms with Crippen LogP contribution in [0.2, 0.25) is 0 Å². The van der Waals surface area contributed by atoms with Crippen LogP contribution in [0.3, 0.4) is 0 Å². The third-order valence-electron chi connectivity index (χ3n) is 6.60. The first-order chi connectivity index (χ1) is 19.8. The van der Waals surface area contributed by atoms with Crippen molar-refractivity contribution < 1.29 is 53.3 Å². The molecule has 0 saturated heterocycles. The van der Waals surface area contributed by atoms with Gasteiger partial charge in [0, 0.05) is 11.6 Å². The minimum absolute atomic E-state index is 0. The maximum Gasteiger partial charge on any atom is 1.00 e. The van der Waals surface area contributed by atoms with Crippen molar-refractivity contribution in [2.75, 3.05) is 12.0 Å². The number of carboxylic acid groups (broad SMARTS) is 1. The summed E-state index contributed by atoms with van der Waals surface area (Å²) in [7, 11) is 0. The fourth-order valence-corrected chi connectivity index (χ4v) is 5.14. The predicted octanol–water partition coefficient (Wildman–Crippen LogP) is 3.74. The topological polar surface area (TPSA) is 92.7 Å². The zero-order valence-electron chi connectivity index (χ0n) is 26.5. The second kappa shape index (κ2) is 16.1. The summed E-state index contributed by atoms with van der Waals surface area (Å²) in [5, 5.41) is 12.3. The number of amides is 1. The number of aliphatic carboxylic acids is 1. The van der Waals surface area contributed by atoms with Gasteiger partial charge in [0.1, 0.15) is 23.3 Å². The van der Waals surface area contributed by atoms with Gasteiger partial charge in [0.25, 0.3) is 5.91 Å². The average molecular weight is 606 g/mol. The maximum absolute atomic E-state index is 14.0. The number of benzene rings is 3. The quantitative estimate of drug-likeness (QED) is 0.242. The van der Waals surface area contributed by atoms with E-state index >= 15 is 0 Å². The van der Waals surface area contributed by atoms with Gasteiger partial charge >= 0.3 is 30.8 Å². The number of carbonyl (C=O) groups excluding carboxylic acids is 2. The largest absolute Gasteiger partial charge is 1.00 e. The molecule has 0 aliphatic heterocycles. The van der Waals surface area contributed by atoms with Gasteiger partial charge in [-0.3, -0.25) is 9.59 Å². The van der Waals surface area contributed by atoms with Crippen LogP contribution >= 0.6 is 11.8 Å². The Labute approximate surface area is 269 Å². The van der Waals surface area contributed by atoms with Gasteiger partial charge in [0.15, 0.2) is 0 Å². The van der Waals surface area contributed by atoms with Gasteiger partial charge in [0.2, 0.25) is 0 Å². The average Bonchev–Trinajstić information content (AvgIpc) is 2.89. The normalized spacial score (nSPS) is 12.5. The molecule has 3 rings (SSSR count). The molecule has 1 amide bonds. The minimum atomic E-state index is -1.11. The van der Waals surface area contributed by atoms with E-state index in [0.29, 0.717) is 28.0 Å². The number of ether oxygens (including phenoxy) is 1. The molecule has 0 saturated carbocycles. The van der Waals surface area contributed by atoms with Gasteiger partial charge in [0.05, 0.1) is 5.92 Å². The van der Waals surface area contributed by atoms with Crippen LogP contribution in [0.5, 0.6) is 0 Å². The van der Waals surface area contributed by atoms with Crippen molar-refractivity contribution in [3.05, 3.63) is 94.6 Å². The van der Waals surface area contributed by atoms with E-state index in [2.05, 4.69) is 5.32 Å². The summed E-state index contributed by atoms with van der Waals surface area (Å²) >= 11 is 1.49. The summed E-state index contributed by atoms with van der Waals surface area (Å²) in [6, 6.07) is 14.8. The number of halogens is 2. The third-order valence-corrected chi connectivity index (χ3v) is 7.25. The Morgan fingerprint density at radius 1 is 0.953 bits per heavy atom. The summed E-state index contributed by atoms with van der Waals surface area (Å²) in [6.07, 6.45) is 2.36. The van der Waals surface area contributed by atoms with E-state index in [9.17, 15) is 28.3 Å². The second-order valence-electron chi connectivity index (χ2n) is 11.3. The molecular formula is C33H38F2LiNO5S. The van der Waals surface area contributed by atoms with Gasteiger partial charge in [-0.1, -0.05) is 36.4 Å². The Kier molecular flexibility index (Phi) is 13.5. The predicted molar refractivity (Wildman–Crippen MR) is 163 cm³/mol. The van der Waals surface area contributed by atoms with Crippen molar-refractivity contribution in [3.8, 4) is 11.1 Å². The van der Waals surface area contributed by atoms with Gasteiger partial charge < -0.3 is 16.6 Å². The second-order valence-corrected chi connectivity index (χ2v) is 12.2. The van der Waals surface area contributed by atoms with E-state index in [-0.39, 0.29) is 39.5 Å². The molecule has 1 unspecified atom stereocenters. The van der Waals surface area contributed by atoms with Gasteiger partial charge in [-0.25, -0.2) is 13.6 Å². The summed E-state index contributed by atoms with van der Waals surface area (Å²) in [6.45, 7) is 7.15. The molecule has 0 aliphatic carbocycles. The molecule has 2 N–H and O–H groups in total. The molecule has 43 heavy (non-hydrogen) atoms. The number of rotatable bonds is 12. The molecule has 226 valence electrons. The van der Waals surface area contributed by atoms with Crippen molar-refractivity contribution in [2.45, 2.75) is 58.6 Å². The molecule has 0 spiro atoms. The molecule has 0 aromatic heterocycles. The zero-order valence-corrected chi connectivity index (χ0v) is 26.3. The van der Waals surface area contributed by atoms with E-state index in [1.807, 2.05) is 37.4 Å². The number of hydrogen-bond donors (Lipinski definition) is 2. The van der Waals surface area contributed by atoms with Crippen LogP contribution in [0, 0.1) is 24.5 Å². The van der Waals surface area contributed by atoms with E-state index in [1.54, 1.807) is 39.0 Å². The Balaban J connectivity index is 0.00000484. The first-order valence-electron chi connectivity index (χ1n) is 13.7. The van der Waals surface area contributed by atoms with Crippen molar-refractivity contribution in [1.29, 1.82) is 0 Å². The zero-order chi connectivity index (χ0) is 31.0. The number of esters is 1. The number of aryl methyl sites for hydroxylation is 1. The monoisotopic (exact) mass is 605 g/mol. The minimum Gasteiger partial charge on any atom is -1.00 e. The summed E-state index contributed by atoms with van der Waals surface area (Å²) in [4.78, 5) is 38.5. The number of hydrogen-bond acceptors (Lipinski definition) is 5. The maximum atomic E-state index is 14.0. The summed E-state index contributed by atoms with van der Waals surface area (Å²) < 4.78 is 33.6. The molecule has 6 nitrogen and oxygen atoms in total. The Bertz CT molecular complexity index is 1430. The SMILES string of the molecule is CSCC[C@H](NC(=O)c1ccc(CC(Cc2cc(F)cc(F)c2)C(=O)OC(C)(C)C)cc1-c1ccccc1C)C(=O)O.[H-].[Li+]. The number of nitrogens with one attached hydrogen (secondary N) is 1. The Hall–Kier alpha value is -3.12. The molecular weight excluding hydrogens is 567 g/mol. The van der Waals surface area contributed by atoms with E-state index < -0.39 is 47.0 Å². The fourth-order valence-electron chi connectivity index (χ4n) is 4.67. The van der Waals surface area contributed by atoms with Crippen LogP contribution in [-0.4, -0.2) is 46.6 Å². The van der Waals surface area contributed by atoms with Crippen LogP contribution in [0.15, 0.2) is 60.7 Å². The standard InChI is InChI=1S/C33H37F2NO5S.Li.H/c1-20-8-6-7-9-26(20)28-18-21(10-11-27(28)30(37)36-29(31(38)39)12-13-42-5)14-23(32(40)41-33(2,3)4)15-22-16-24(34)19-25(35)17-22;;/h6-11,16-19,23,29H,12-15H2,1-5H3,(H,36,37)(H,38,39);;/q;+1;-1/t23?,29-;;/m0../s1. The first-order valence-corrected chi connectivity index (χ1v) is 15.1. The molecule has 0 heterocycles. The number of thioether (sulfide) groups is 1. The van der Waals surface area contributed by atoms with Crippen LogP contribution in [0.4, 0.5) is 8.78 Å². The van der Waals surface area contributed by atoms with Crippen molar-refractivity contribution in [1.82, 2.24) is 5.32 Å². The van der Waals surface area contributed by atoms with Crippen molar-refractivity contribution in [3.63, 3.8) is 0 Å². The molecule has 0 bridgehead atoms.